The lowest BCUT2D eigenvalue weighted by Gasteiger charge is -2.13. The van der Waals surface area contributed by atoms with Crippen LogP contribution in [0, 0.1) is 5.41 Å². The number of nitrogens with zero attached hydrogens (tertiary/aromatic N) is 2. The highest BCUT2D eigenvalue weighted by Gasteiger charge is 2.18. The Balaban J connectivity index is 1.65. The number of benzene rings is 2. The number of nitrogens with one attached hydrogen (secondary N) is 1. The van der Waals surface area contributed by atoms with Crippen molar-refractivity contribution in [2.75, 3.05) is 11.9 Å². The first-order valence-electron chi connectivity index (χ1n) is 10.8. The van der Waals surface area contributed by atoms with Crippen molar-refractivity contribution in [2.24, 2.45) is 5.41 Å². The summed E-state index contributed by atoms with van der Waals surface area (Å²) in [5, 5.41) is 6.88. The number of carbonyl (C=O) groups is 2. The Labute approximate surface area is 188 Å². The van der Waals surface area contributed by atoms with Gasteiger partial charge < -0.3 is 14.6 Å². The van der Waals surface area contributed by atoms with E-state index >= 15 is 0 Å². The third-order valence-corrected chi connectivity index (χ3v) is 4.64. The van der Waals surface area contributed by atoms with Crippen molar-refractivity contribution in [3.63, 3.8) is 0 Å². The predicted octanol–water partition coefficient (Wildman–Crippen LogP) is 5.53. The second-order valence-corrected chi connectivity index (χ2v) is 8.85. The van der Waals surface area contributed by atoms with Crippen molar-refractivity contribution in [1.82, 2.24) is 10.1 Å². The van der Waals surface area contributed by atoms with Crippen LogP contribution in [0.4, 0.5) is 5.69 Å². The van der Waals surface area contributed by atoms with Crippen molar-refractivity contribution in [3.05, 3.63) is 65.5 Å². The van der Waals surface area contributed by atoms with Gasteiger partial charge in [0.2, 0.25) is 11.7 Å². The van der Waals surface area contributed by atoms with Crippen molar-refractivity contribution >= 4 is 17.6 Å². The van der Waals surface area contributed by atoms with Gasteiger partial charge in [-0.05, 0) is 48.2 Å². The molecule has 1 aromatic heterocycles. The number of hydrogen-bond acceptors (Lipinski definition) is 6. The van der Waals surface area contributed by atoms with Crippen LogP contribution in [0.1, 0.15) is 67.1 Å². The van der Waals surface area contributed by atoms with Crippen LogP contribution in [-0.2, 0) is 11.2 Å². The molecule has 3 rings (SSSR count). The van der Waals surface area contributed by atoms with E-state index in [0.717, 1.165) is 12.8 Å². The highest BCUT2D eigenvalue weighted by Crippen LogP contribution is 2.23. The van der Waals surface area contributed by atoms with E-state index in [0.29, 0.717) is 47.1 Å². The summed E-state index contributed by atoms with van der Waals surface area (Å²) >= 11 is 0. The van der Waals surface area contributed by atoms with Crippen molar-refractivity contribution in [2.45, 2.75) is 47.0 Å². The van der Waals surface area contributed by atoms with Gasteiger partial charge >= 0.3 is 5.97 Å². The average molecular weight is 436 g/mol. The molecule has 0 aliphatic carbocycles. The predicted molar refractivity (Wildman–Crippen MR) is 122 cm³/mol. The number of aromatic nitrogens is 2. The molecule has 0 fully saturated rings. The monoisotopic (exact) mass is 435 g/mol. The van der Waals surface area contributed by atoms with Gasteiger partial charge in [-0.2, -0.15) is 4.98 Å². The summed E-state index contributed by atoms with van der Waals surface area (Å²) in [6, 6.07) is 13.7. The molecule has 7 nitrogen and oxygen atoms in total. The van der Waals surface area contributed by atoms with Crippen LogP contribution in [-0.4, -0.2) is 28.6 Å². The molecule has 0 unspecified atom stereocenters. The molecule has 0 saturated carbocycles. The lowest BCUT2D eigenvalue weighted by Crippen LogP contribution is -2.12. The van der Waals surface area contributed by atoms with Crippen LogP contribution in [0.2, 0.25) is 0 Å². The summed E-state index contributed by atoms with van der Waals surface area (Å²) in [6.45, 7) is 8.74. The van der Waals surface area contributed by atoms with Crippen molar-refractivity contribution < 1.29 is 18.8 Å². The molecule has 0 atom stereocenters. The van der Waals surface area contributed by atoms with E-state index in [1.54, 1.807) is 42.5 Å². The zero-order valence-corrected chi connectivity index (χ0v) is 19.0. The van der Waals surface area contributed by atoms with Crippen LogP contribution in [0.5, 0.6) is 0 Å². The number of ether oxygens (including phenoxy) is 1. The normalized spacial score (nSPS) is 11.2. The molecule has 0 bridgehead atoms. The van der Waals surface area contributed by atoms with Gasteiger partial charge in [0.05, 0.1) is 12.2 Å². The Hall–Kier alpha value is -3.48. The van der Waals surface area contributed by atoms with Gasteiger partial charge in [-0.15, -0.1) is 0 Å². The average Bonchev–Trinajstić information content (AvgIpc) is 3.21. The summed E-state index contributed by atoms with van der Waals surface area (Å²) in [7, 11) is 0. The van der Waals surface area contributed by atoms with Gasteiger partial charge in [0.15, 0.2) is 0 Å². The van der Waals surface area contributed by atoms with E-state index in [9.17, 15) is 9.59 Å². The molecule has 2 aromatic carbocycles. The second-order valence-electron chi connectivity index (χ2n) is 8.85. The minimum atomic E-state index is -0.366. The number of carbonyl (C=O) groups excluding carboxylic acids is 2. The first-order valence-corrected chi connectivity index (χ1v) is 10.8. The molecule has 0 aliphatic rings. The van der Waals surface area contributed by atoms with Crippen LogP contribution < -0.4 is 5.32 Å². The quantitative estimate of drug-likeness (QED) is 0.369. The fourth-order valence-electron chi connectivity index (χ4n) is 2.98. The standard InChI is InChI=1S/C25H29N3O4/c1-5-6-14-31-24(30)17-10-12-20(13-11-17)26-23(29)19-9-7-8-18(15-19)22-27-21(32-28-22)16-25(2,3)4/h7-13,15H,5-6,14,16H2,1-4H3,(H,26,29). The third-order valence-electron chi connectivity index (χ3n) is 4.64. The number of anilines is 1. The Morgan fingerprint density at radius 1 is 1.06 bits per heavy atom. The minimum absolute atomic E-state index is 0.0351. The number of hydrogen-bond donors (Lipinski definition) is 1. The first kappa shape index (κ1) is 23.2. The Morgan fingerprint density at radius 3 is 2.50 bits per heavy atom. The first-order chi connectivity index (χ1) is 15.2. The molecular weight excluding hydrogens is 406 g/mol. The maximum atomic E-state index is 12.7. The molecule has 0 saturated heterocycles. The van der Waals surface area contributed by atoms with E-state index in [2.05, 4.69) is 36.2 Å². The van der Waals surface area contributed by atoms with Crippen molar-refractivity contribution in [1.29, 1.82) is 0 Å². The molecule has 7 heteroatoms. The SMILES string of the molecule is CCCCOC(=O)c1ccc(NC(=O)c2cccc(-c3noc(CC(C)(C)C)n3)c2)cc1. The van der Waals surface area contributed by atoms with Gasteiger partial charge in [-0.25, -0.2) is 4.79 Å². The third kappa shape index (κ3) is 6.51. The second kappa shape index (κ2) is 10.2. The molecule has 1 amide bonds. The van der Waals surface area contributed by atoms with Gasteiger partial charge in [0.1, 0.15) is 0 Å². The summed E-state index contributed by atoms with van der Waals surface area (Å²) < 4.78 is 10.5. The molecule has 1 heterocycles. The topological polar surface area (TPSA) is 94.3 Å². The fourth-order valence-corrected chi connectivity index (χ4v) is 2.98. The number of rotatable bonds is 8. The summed E-state index contributed by atoms with van der Waals surface area (Å²) in [4.78, 5) is 29.2. The van der Waals surface area contributed by atoms with Crippen LogP contribution in [0.15, 0.2) is 53.1 Å². The molecule has 0 radical (unpaired) electrons. The Kier molecular flexibility index (Phi) is 7.41. The van der Waals surface area contributed by atoms with Gasteiger partial charge in [0, 0.05) is 23.2 Å². The summed E-state index contributed by atoms with van der Waals surface area (Å²) in [5.74, 6) is 0.374. The van der Waals surface area contributed by atoms with Gasteiger partial charge in [-0.3, -0.25) is 4.79 Å². The maximum absolute atomic E-state index is 12.7. The number of amides is 1. The van der Waals surface area contributed by atoms with E-state index in [-0.39, 0.29) is 17.3 Å². The van der Waals surface area contributed by atoms with Crippen LogP contribution in [0.25, 0.3) is 11.4 Å². The number of esters is 1. The molecular formula is C25H29N3O4. The lowest BCUT2D eigenvalue weighted by molar-refractivity contribution is 0.0499. The number of unbranched alkanes of at least 4 members (excludes halogenated alkanes) is 1. The highest BCUT2D eigenvalue weighted by molar-refractivity contribution is 6.05. The largest absolute Gasteiger partial charge is 0.462 e. The van der Waals surface area contributed by atoms with E-state index < -0.39 is 0 Å². The fraction of sp³-hybridized carbons (Fsp3) is 0.360. The van der Waals surface area contributed by atoms with Crippen LogP contribution >= 0.6 is 0 Å². The van der Waals surface area contributed by atoms with Gasteiger partial charge in [-0.1, -0.05) is 51.4 Å². The van der Waals surface area contributed by atoms with Gasteiger partial charge in [0.25, 0.3) is 5.91 Å². The van der Waals surface area contributed by atoms with E-state index in [1.807, 2.05) is 13.0 Å². The smallest absolute Gasteiger partial charge is 0.338 e. The van der Waals surface area contributed by atoms with E-state index in [1.165, 1.54) is 0 Å². The summed E-state index contributed by atoms with van der Waals surface area (Å²) in [5.41, 5.74) is 2.23. The Morgan fingerprint density at radius 2 is 1.81 bits per heavy atom. The molecule has 32 heavy (non-hydrogen) atoms. The molecule has 168 valence electrons. The molecule has 0 aliphatic heterocycles. The molecule has 1 N–H and O–H groups in total. The lowest BCUT2D eigenvalue weighted by atomic mass is 9.92. The van der Waals surface area contributed by atoms with Crippen molar-refractivity contribution in [3.8, 4) is 11.4 Å². The maximum Gasteiger partial charge on any atom is 0.338 e. The van der Waals surface area contributed by atoms with Crippen LogP contribution in [0.3, 0.4) is 0 Å². The zero-order valence-electron chi connectivity index (χ0n) is 19.0. The zero-order chi connectivity index (χ0) is 23.1. The summed E-state index contributed by atoms with van der Waals surface area (Å²) in [6.07, 6.45) is 2.47. The Bertz CT molecular complexity index is 1070. The molecule has 0 spiro atoms. The highest BCUT2D eigenvalue weighted by atomic mass is 16.5. The molecule has 3 aromatic rings. The van der Waals surface area contributed by atoms with E-state index in [4.69, 9.17) is 9.26 Å². The minimum Gasteiger partial charge on any atom is -0.462 e.